The van der Waals surface area contributed by atoms with Crippen LogP contribution in [0.5, 0.6) is 0 Å². The number of aromatic nitrogens is 2. The van der Waals surface area contributed by atoms with Crippen LogP contribution < -0.4 is 10.2 Å². The molecule has 2 N–H and O–H groups in total. The Balaban J connectivity index is 0.000000705. The van der Waals surface area contributed by atoms with Crippen molar-refractivity contribution in [1.82, 2.24) is 15.5 Å². The molecule has 2 rings (SSSR count). The van der Waals surface area contributed by atoms with E-state index in [4.69, 9.17) is 33.0 Å². The van der Waals surface area contributed by atoms with Crippen molar-refractivity contribution in [2.45, 2.75) is 58.8 Å². The van der Waals surface area contributed by atoms with E-state index in [9.17, 15) is 4.79 Å². The van der Waals surface area contributed by atoms with Gasteiger partial charge >= 0.3 is 6.09 Å². The van der Waals surface area contributed by atoms with E-state index < -0.39 is 11.7 Å². The molecular weight excluding hydrogens is 367 g/mol. The van der Waals surface area contributed by atoms with Gasteiger partial charge in [-0.15, -0.1) is 5.10 Å². The topological polar surface area (TPSA) is 87.6 Å². The lowest BCUT2D eigenvalue weighted by molar-refractivity contribution is 0.0509. The summed E-state index contributed by atoms with van der Waals surface area (Å²) in [5.41, 5.74) is 0.221. The van der Waals surface area contributed by atoms with Crippen LogP contribution in [0.15, 0.2) is 6.20 Å². The predicted octanol–water partition coefficient (Wildman–Crippen LogP) is 3.27. The minimum Gasteiger partial charge on any atom is -0.444 e. The number of halogens is 2. The molecule has 1 aromatic rings. The number of amides is 1. The van der Waals surface area contributed by atoms with Crippen molar-refractivity contribution >= 4 is 35.0 Å². The number of alkyl carbamates (subject to hydrolysis) is 1. The number of aliphatic hydroxyl groups excluding tert-OH is 1. The zero-order valence-electron chi connectivity index (χ0n) is 15.2. The first-order valence-electron chi connectivity index (χ1n) is 8.08. The lowest BCUT2D eigenvalue weighted by Crippen LogP contribution is -2.40. The highest BCUT2D eigenvalue weighted by atomic mass is 35.5. The van der Waals surface area contributed by atoms with Crippen LogP contribution in [0.25, 0.3) is 0 Å². The second-order valence-electron chi connectivity index (χ2n) is 7.01. The van der Waals surface area contributed by atoms with Gasteiger partial charge in [-0.1, -0.05) is 23.2 Å². The summed E-state index contributed by atoms with van der Waals surface area (Å²) >= 11 is 12.0. The standard InChI is InChI=1S/C13H18Cl2N4O2.C3H8O/c1-13(2,3)21-12(20)17-8-4-5-19(7-8)9-6-16-18-11(15)10(9)14;1-3(2)4/h6,8H,4-5,7H2,1-3H3,(H,17,20);3-4H,1-2H3/t8-;/m1./s1. The van der Waals surface area contributed by atoms with Gasteiger partial charge < -0.3 is 20.1 Å². The molecule has 9 heteroatoms. The van der Waals surface area contributed by atoms with Crippen molar-refractivity contribution in [3.05, 3.63) is 16.4 Å². The summed E-state index contributed by atoms with van der Waals surface area (Å²) in [5.74, 6) is 0. The van der Waals surface area contributed by atoms with Gasteiger partial charge in [0.25, 0.3) is 0 Å². The molecule has 0 aliphatic carbocycles. The predicted molar refractivity (Wildman–Crippen MR) is 99.4 cm³/mol. The van der Waals surface area contributed by atoms with E-state index in [0.29, 0.717) is 11.6 Å². The van der Waals surface area contributed by atoms with Gasteiger partial charge in [0.2, 0.25) is 0 Å². The smallest absolute Gasteiger partial charge is 0.407 e. The summed E-state index contributed by atoms with van der Waals surface area (Å²) in [5, 5.41) is 19.0. The molecule has 0 radical (unpaired) electrons. The zero-order valence-corrected chi connectivity index (χ0v) is 16.7. The largest absolute Gasteiger partial charge is 0.444 e. The van der Waals surface area contributed by atoms with Crippen molar-refractivity contribution in [3.8, 4) is 0 Å². The zero-order chi connectivity index (χ0) is 19.2. The number of ether oxygens (including phenoxy) is 1. The van der Waals surface area contributed by atoms with Crippen LogP contribution in [0, 0.1) is 0 Å². The van der Waals surface area contributed by atoms with E-state index in [-0.39, 0.29) is 17.3 Å². The molecule has 1 saturated heterocycles. The number of rotatable bonds is 2. The van der Waals surface area contributed by atoms with Crippen molar-refractivity contribution < 1.29 is 14.6 Å². The van der Waals surface area contributed by atoms with Gasteiger partial charge in [0.15, 0.2) is 5.15 Å². The quantitative estimate of drug-likeness (QED) is 0.802. The lowest BCUT2D eigenvalue weighted by Gasteiger charge is -2.22. The SMILES string of the molecule is CC(C)(C)OC(=O)N[C@@H]1CCN(c2cnnc(Cl)c2Cl)C1.CC(C)O. The summed E-state index contributed by atoms with van der Waals surface area (Å²) in [6.45, 7) is 10.3. The molecule has 25 heavy (non-hydrogen) atoms. The first kappa shape index (κ1) is 21.7. The summed E-state index contributed by atoms with van der Waals surface area (Å²) < 4.78 is 5.25. The van der Waals surface area contributed by atoms with E-state index in [1.807, 2.05) is 25.7 Å². The molecule has 142 valence electrons. The third kappa shape index (κ3) is 8.07. The number of hydrogen-bond donors (Lipinski definition) is 2. The van der Waals surface area contributed by atoms with Crippen molar-refractivity contribution in [3.63, 3.8) is 0 Å². The second-order valence-corrected chi connectivity index (χ2v) is 7.74. The van der Waals surface area contributed by atoms with Crippen LogP contribution >= 0.6 is 23.2 Å². The Morgan fingerprint density at radius 3 is 2.60 bits per heavy atom. The summed E-state index contributed by atoms with van der Waals surface area (Å²) in [6, 6.07) is 0.00265. The number of carbonyl (C=O) groups is 1. The number of nitrogens with zero attached hydrogens (tertiary/aromatic N) is 3. The van der Waals surface area contributed by atoms with Crippen LogP contribution in [0.3, 0.4) is 0 Å². The van der Waals surface area contributed by atoms with Gasteiger partial charge in [-0.25, -0.2) is 4.79 Å². The number of hydrogen-bond acceptors (Lipinski definition) is 6. The van der Waals surface area contributed by atoms with Crippen LogP contribution in [0.1, 0.15) is 41.0 Å². The van der Waals surface area contributed by atoms with Gasteiger partial charge in [-0.3, -0.25) is 0 Å². The van der Waals surface area contributed by atoms with Gasteiger partial charge in [0.1, 0.15) is 10.6 Å². The second kappa shape index (κ2) is 9.40. The number of nitrogens with one attached hydrogen (secondary N) is 1. The van der Waals surface area contributed by atoms with Gasteiger partial charge in [-0.05, 0) is 41.0 Å². The van der Waals surface area contributed by atoms with E-state index in [1.54, 1.807) is 20.0 Å². The Hall–Kier alpha value is -1.31. The fraction of sp³-hybridized carbons (Fsp3) is 0.688. The van der Waals surface area contributed by atoms with Crippen LogP contribution in [-0.2, 0) is 4.74 Å². The highest BCUT2D eigenvalue weighted by molar-refractivity contribution is 6.42. The Labute approximate surface area is 158 Å². The Bertz CT molecular complexity index is 576. The minimum absolute atomic E-state index is 0.00265. The highest BCUT2D eigenvalue weighted by Gasteiger charge is 2.28. The molecule has 0 saturated carbocycles. The molecule has 1 aliphatic heterocycles. The Morgan fingerprint density at radius 2 is 2.04 bits per heavy atom. The van der Waals surface area contributed by atoms with Gasteiger partial charge in [0, 0.05) is 19.2 Å². The van der Waals surface area contributed by atoms with Crippen LogP contribution in [0.2, 0.25) is 10.2 Å². The van der Waals surface area contributed by atoms with Gasteiger partial charge in [-0.2, -0.15) is 5.10 Å². The molecule has 2 heterocycles. The monoisotopic (exact) mass is 392 g/mol. The fourth-order valence-corrected chi connectivity index (χ4v) is 2.48. The number of anilines is 1. The molecule has 0 bridgehead atoms. The number of carbonyl (C=O) groups excluding carboxylic acids is 1. The molecule has 1 fully saturated rings. The molecule has 0 aromatic carbocycles. The minimum atomic E-state index is -0.506. The van der Waals surface area contributed by atoms with E-state index in [0.717, 1.165) is 18.7 Å². The average Bonchev–Trinajstić information content (AvgIpc) is 2.87. The van der Waals surface area contributed by atoms with Crippen molar-refractivity contribution in [2.24, 2.45) is 0 Å². The molecule has 0 spiro atoms. The molecule has 0 unspecified atom stereocenters. The summed E-state index contributed by atoms with van der Waals surface area (Å²) in [4.78, 5) is 13.8. The lowest BCUT2D eigenvalue weighted by atomic mass is 10.2. The van der Waals surface area contributed by atoms with Crippen molar-refractivity contribution in [2.75, 3.05) is 18.0 Å². The van der Waals surface area contributed by atoms with E-state index >= 15 is 0 Å². The van der Waals surface area contributed by atoms with Crippen LogP contribution in [-0.4, -0.2) is 52.2 Å². The van der Waals surface area contributed by atoms with Gasteiger partial charge in [0.05, 0.1) is 17.9 Å². The van der Waals surface area contributed by atoms with E-state index in [1.165, 1.54) is 0 Å². The molecular formula is C16H26Cl2N4O3. The number of aliphatic hydroxyl groups is 1. The Kier molecular flexibility index (Phi) is 8.18. The third-order valence-electron chi connectivity index (χ3n) is 2.98. The average molecular weight is 393 g/mol. The molecule has 1 aliphatic rings. The maximum atomic E-state index is 11.8. The molecule has 1 aromatic heterocycles. The molecule has 7 nitrogen and oxygen atoms in total. The Morgan fingerprint density at radius 1 is 1.44 bits per heavy atom. The van der Waals surface area contributed by atoms with Crippen molar-refractivity contribution in [1.29, 1.82) is 0 Å². The molecule has 1 amide bonds. The van der Waals surface area contributed by atoms with Crippen LogP contribution in [0.4, 0.5) is 10.5 Å². The molecule has 1 atom stereocenters. The first-order valence-corrected chi connectivity index (χ1v) is 8.84. The summed E-state index contributed by atoms with van der Waals surface area (Å²) in [6.07, 6.45) is 1.80. The first-order chi connectivity index (χ1) is 11.5. The summed E-state index contributed by atoms with van der Waals surface area (Å²) in [7, 11) is 0. The third-order valence-corrected chi connectivity index (χ3v) is 3.72. The fourth-order valence-electron chi connectivity index (χ4n) is 2.13. The highest BCUT2D eigenvalue weighted by Crippen LogP contribution is 2.31. The van der Waals surface area contributed by atoms with E-state index in [2.05, 4.69) is 15.5 Å². The maximum Gasteiger partial charge on any atom is 0.407 e. The normalized spacial score (nSPS) is 17.2. The maximum absolute atomic E-state index is 11.8.